The number of halogens is 1. The van der Waals surface area contributed by atoms with Gasteiger partial charge < -0.3 is 29.2 Å². The number of carbonyl (C=O) groups excluding carboxylic acids is 4. The van der Waals surface area contributed by atoms with E-state index in [2.05, 4.69) is 48.9 Å². The molecule has 6 rings (SSSR count). The summed E-state index contributed by atoms with van der Waals surface area (Å²) >= 11 is 1.35. The van der Waals surface area contributed by atoms with Crippen LogP contribution in [0.1, 0.15) is 102 Å². The maximum Gasteiger partial charge on any atom is 0.320 e. The monoisotopic (exact) mass is 874 g/mol. The molecule has 4 amide bonds. The first-order valence-electron chi connectivity index (χ1n) is 21.9. The highest BCUT2D eigenvalue weighted by molar-refractivity contribution is 7.10. The Labute approximate surface area is 368 Å². The lowest BCUT2D eigenvalue weighted by atomic mass is 9.84. The smallest absolute Gasteiger partial charge is 0.320 e. The zero-order valence-electron chi connectivity index (χ0n) is 37.5. The molecule has 5 heterocycles. The fourth-order valence-electron chi connectivity index (χ4n) is 8.77. The van der Waals surface area contributed by atoms with Crippen LogP contribution in [0.15, 0.2) is 41.9 Å². The molecule has 16 heteroatoms. The van der Waals surface area contributed by atoms with Crippen molar-refractivity contribution in [3.8, 4) is 22.5 Å². The van der Waals surface area contributed by atoms with Gasteiger partial charge in [-0.1, -0.05) is 39.4 Å². The molecule has 3 atom stereocenters. The number of piperidine rings is 1. The summed E-state index contributed by atoms with van der Waals surface area (Å²) in [4.78, 5) is 68.1. The number of rotatable bonds is 9. The van der Waals surface area contributed by atoms with E-state index in [1.165, 1.54) is 21.9 Å². The summed E-state index contributed by atoms with van der Waals surface area (Å²) in [6, 6.07) is 7.92. The number of urea groups is 1. The second kappa shape index (κ2) is 20.5. The molecule has 0 radical (unpaired) electrons. The summed E-state index contributed by atoms with van der Waals surface area (Å²) in [6.45, 7) is 14.0. The number of amides is 4. The molecule has 1 fully saturated rings. The summed E-state index contributed by atoms with van der Waals surface area (Å²) in [5, 5.41) is 7.24. The molecule has 62 heavy (non-hydrogen) atoms. The minimum absolute atomic E-state index is 0.0200. The van der Waals surface area contributed by atoms with Gasteiger partial charge in [0.25, 0.3) is 5.91 Å². The number of aromatic nitrogens is 3. The maximum atomic E-state index is 14.5. The van der Waals surface area contributed by atoms with Crippen molar-refractivity contribution in [1.82, 2.24) is 40.3 Å². The van der Waals surface area contributed by atoms with E-state index in [1.807, 2.05) is 38.3 Å². The van der Waals surface area contributed by atoms with Gasteiger partial charge in [-0.15, -0.1) is 15.8 Å². The number of nitrogens with zero attached hydrogens (tertiary/aromatic N) is 6. The first kappa shape index (κ1) is 46.6. The van der Waals surface area contributed by atoms with Gasteiger partial charge in [0.05, 0.1) is 34.8 Å². The summed E-state index contributed by atoms with van der Waals surface area (Å²) in [6.07, 6.45) is 5.64. The Morgan fingerprint density at radius 2 is 1.82 bits per heavy atom. The molecule has 2 N–H and O–H groups in total. The number of aryl methyl sites for hydroxylation is 1. The highest BCUT2D eigenvalue weighted by atomic mass is 32.1. The summed E-state index contributed by atoms with van der Waals surface area (Å²) in [5.74, 6) is -1.90. The number of thiazole rings is 1. The van der Waals surface area contributed by atoms with Gasteiger partial charge in [-0.3, -0.25) is 19.4 Å². The molecule has 1 saturated heterocycles. The van der Waals surface area contributed by atoms with E-state index < -0.39 is 29.3 Å². The fourth-order valence-corrected chi connectivity index (χ4v) is 9.62. The number of methoxy groups -OCH3 is 1. The summed E-state index contributed by atoms with van der Waals surface area (Å²) < 4.78 is 28.4. The van der Waals surface area contributed by atoms with Gasteiger partial charge in [0, 0.05) is 92.2 Å². The number of hydrogen-bond donors (Lipinski definition) is 2. The Morgan fingerprint density at radius 3 is 2.52 bits per heavy atom. The molecule has 0 spiro atoms. The van der Waals surface area contributed by atoms with Crippen LogP contribution in [0.5, 0.6) is 0 Å². The highest BCUT2D eigenvalue weighted by Crippen LogP contribution is 2.42. The quantitative estimate of drug-likeness (QED) is 0.128. The molecular formula is C46H63FN8O6S. The van der Waals surface area contributed by atoms with E-state index >= 15 is 0 Å². The third-order valence-corrected chi connectivity index (χ3v) is 12.9. The van der Waals surface area contributed by atoms with Crippen molar-refractivity contribution < 1.29 is 33.1 Å². The molecule has 4 bridgehead atoms. The predicted octanol–water partition coefficient (Wildman–Crippen LogP) is 7.66. The Kier molecular flexibility index (Phi) is 15.4. The third-order valence-electron chi connectivity index (χ3n) is 12.1. The molecule has 2 aliphatic rings. The molecular weight excluding hydrogens is 812 g/mol. The zero-order valence-corrected chi connectivity index (χ0v) is 38.3. The highest BCUT2D eigenvalue weighted by Gasteiger charge is 2.37. The van der Waals surface area contributed by atoms with Crippen molar-refractivity contribution >= 4 is 46.1 Å². The molecule has 336 valence electrons. The Balaban J connectivity index is 1.41. The van der Waals surface area contributed by atoms with Gasteiger partial charge in [-0.2, -0.15) is 0 Å². The van der Waals surface area contributed by atoms with Crippen molar-refractivity contribution in [2.75, 3.05) is 40.4 Å². The molecule has 0 aliphatic carbocycles. The SMILES string of the molecule is CCn1c(-c2cccnc2[C@H](C)OC)c2c3cc(ccc31)-c1csc(n1)C[C@H](NC(=O)C(C(C)C)N(C)C(=O)N1CCCCC1)C(=O)N(NF)CCCCC(=O)OCC(C)(C)C2. The Hall–Kier alpha value is -4.93. The largest absolute Gasteiger partial charge is 0.465 e. The second-order valence-corrected chi connectivity index (χ2v) is 18.6. The number of nitrogens with one attached hydrogen (secondary N) is 2. The van der Waals surface area contributed by atoms with Crippen LogP contribution in [0.2, 0.25) is 0 Å². The van der Waals surface area contributed by atoms with Gasteiger partial charge in [-0.25, -0.2) is 14.8 Å². The Bertz CT molecular complexity index is 2220. The average molecular weight is 875 g/mol. The number of carbonyl (C=O) groups is 4. The van der Waals surface area contributed by atoms with Crippen LogP contribution >= 0.6 is 11.3 Å². The number of cyclic esters (lactones) is 1. The van der Waals surface area contributed by atoms with Crippen molar-refractivity contribution in [3.63, 3.8) is 0 Å². The number of esters is 1. The average Bonchev–Trinajstić information content (AvgIpc) is 3.86. The Morgan fingerprint density at radius 1 is 1.08 bits per heavy atom. The van der Waals surface area contributed by atoms with Gasteiger partial charge in [0.1, 0.15) is 12.1 Å². The van der Waals surface area contributed by atoms with Crippen LogP contribution in [0, 0.1) is 11.3 Å². The first-order valence-corrected chi connectivity index (χ1v) is 22.8. The fraction of sp³-hybridized carbons (Fsp3) is 0.565. The summed E-state index contributed by atoms with van der Waals surface area (Å²) in [5.41, 5.74) is 7.51. The first-order chi connectivity index (χ1) is 29.7. The molecule has 2 aliphatic heterocycles. The van der Waals surface area contributed by atoms with Crippen molar-refractivity contribution in [1.29, 1.82) is 0 Å². The number of ether oxygens (including phenoxy) is 2. The van der Waals surface area contributed by atoms with Gasteiger partial charge in [-0.05, 0) is 88.1 Å². The van der Waals surface area contributed by atoms with Crippen LogP contribution in [-0.4, -0.2) is 106 Å². The van der Waals surface area contributed by atoms with Crippen LogP contribution < -0.4 is 11.0 Å². The van der Waals surface area contributed by atoms with Crippen molar-refractivity contribution in [2.24, 2.45) is 11.3 Å². The lowest BCUT2D eigenvalue weighted by Gasteiger charge is -2.37. The number of likely N-dealkylation sites (tertiary alicyclic amines) is 1. The van der Waals surface area contributed by atoms with Gasteiger partial charge >= 0.3 is 12.0 Å². The second-order valence-electron chi connectivity index (χ2n) is 17.7. The number of hydrazine groups is 1. The number of benzene rings is 1. The van der Waals surface area contributed by atoms with E-state index in [9.17, 15) is 23.7 Å². The summed E-state index contributed by atoms with van der Waals surface area (Å²) in [7, 11) is 3.29. The van der Waals surface area contributed by atoms with Crippen molar-refractivity contribution in [2.45, 2.75) is 118 Å². The van der Waals surface area contributed by atoms with Crippen LogP contribution in [0.3, 0.4) is 0 Å². The standard InChI is InChI=1S/C46H63FN8O6S/c1-9-54-37-19-18-31-24-33(37)34(42(54)32-16-15-20-48-40(32)30(4)60-8)26-46(5,6)28-61-39(56)17-11-14-23-55(51-47)44(58)35(25-38-49-36(31)27-62-38)50-43(57)41(29(2)3)52(7)45(59)53-21-12-10-13-22-53/h15-16,18-20,24,27,29-30,35,41,51H,9-14,17,21-23,25-26,28H2,1-8H3,(H,50,57)/t30-,35-,41?/m0/s1. The number of hydrogen-bond acceptors (Lipinski definition) is 10. The normalized spacial score (nSPS) is 19.0. The number of pyridine rings is 1. The molecule has 1 aromatic carbocycles. The van der Waals surface area contributed by atoms with Crippen LogP contribution in [0.25, 0.3) is 33.4 Å². The molecule has 14 nitrogen and oxygen atoms in total. The maximum absolute atomic E-state index is 14.5. The predicted molar refractivity (Wildman–Crippen MR) is 238 cm³/mol. The minimum atomic E-state index is -1.22. The molecule has 4 aromatic rings. The van der Waals surface area contributed by atoms with Crippen LogP contribution in [-0.2, 0) is 43.2 Å². The van der Waals surface area contributed by atoms with E-state index in [-0.39, 0.29) is 50.0 Å². The molecule has 3 aromatic heterocycles. The molecule has 1 unspecified atom stereocenters. The van der Waals surface area contributed by atoms with Gasteiger partial charge in [0.15, 0.2) is 0 Å². The van der Waals surface area contributed by atoms with E-state index in [1.54, 1.807) is 25.3 Å². The number of likely N-dealkylation sites (N-methyl/N-ethyl adjacent to an activating group) is 1. The minimum Gasteiger partial charge on any atom is -0.465 e. The topological polar surface area (TPSA) is 151 Å². The van der Waals surface area contributed by atoms with Crippen LogP contribution in [0.4, 0.5) is 9.28 Å². The van der Waals surface area contributed by atoms with Gasteiger partial charge in [0.2, 0.25) is 5.91 Å². The lowest BCUT2D eigenvalue weighted by molar-refractivity contribution is -0.147. The lowest BCUT2D eigenvalue weighted by Crippen LogP contribution is -2.59. The van der Waals surface area contributed by atoms with E-state index in [4.69, 9.17) is 19.4 Å². The molecule has 0 saturated carbocycles. The van der Waals surface area contributed by atoms with E-state index in [0.29, 0.717) is 49.6 Å². The zero-order chi connectivity index (χ0) is 44.7. The van der Waals surface area contributed by atoms with E-state index in [0.717, 1.165) is 63.3 Å². The number of fused-ring (bicyclic) bond motifs is 4. The van der Waals surface area contributed by atoms with Crippen molar-refractivity contribution in [3.05, 3.63) is 58.2 Å². The third kappa shape index (κ3) is 10.5.